The number of ether oxygens (including phenoxy) is 1. The number of nitrogens with one attached hydrogen (secondary N) is 2. The van der Waals surface area contributed by atoms with E-state index in [0.717, 1.165) is 37.6 Å². The summed E-state index contributed by atoms with van der Waals surface area (Å²) in [4.78, 5) is 22.6. The van der Waals surface area contributed by atoms with Gasteiger partial charge in [-0.25, -0.2) is 9.97 Å². The van der Waals surface area contributed by atoms with Crippen LogP contribution in [0.2, 0.25) is 0 Å². The molecular formula is C24H23BrN9OP. The minimum atomic E-state index is -0.471. The summed E-state index contributed by atoms with van der Waals surface area (Å²) < 4.78 is 7.93. The summed E-state index contributed by atoms with van der Waals surface area (Å²) in [5, 5.41) is 12.1. The summed E-state index contributed by atoms with van der Waals surface area (Å²) in [7, 11) is 2.98. The molecule has 4 aromatic heterocycles. The molecule has 0 aliphatic heterocycles. The van der Waals surface area contributed by atoms with E-state index in [9.17, 15) is 0 Å². The number of rotatable bonds is 7. The van der Waals surface area contributed by atoms with Crippen LogP contribution >= 0.6 is 23.9 Å². The van der Waals surface area contributed by atoms with Crippen LogP contribution in [0.25, 0.3) is 22.2 Å². The van der Waals surface area contributed by atoms with Gasteiger partial charge in [-0.2, -0.15) is 10.1 Å². The summed E-state index contributed by atoms with van der Waals surface area (Å²) in [6.07, 6.45) is 10.6. The van der Waals surface area contributed by atoms with Crippen molar-refractivity contribution in [2.45, 2.75) is 0 Å². The molecule has 0 amide bonds. The van der Waals surface area contributed by atoms with Crippen molar-refractivity contribution in [3.05, 3.63) is 59.9 Å². The molecule has 0 unspecified atom stereocenters. The Balaban J connectivity index is 1.49. The highest BCUT2D eigenvalue weighted by molar-refractivity contribution is 9.10. The van der Waals surface area contributed by atoms with Crippen molar-refractivity contribution in [3.63, 3.8) is 0 Å². The number of hydrogen-bond acceptors (Lipinski definition) is 9. The Labute approximate surface area is 217 Å². The third-order valence-electron chi connectivity index (χ3n) is 5.39. The normalized spacial score (nSPS) is 11.2. The second-order valence-electron chi connectivity index (χ2n) is 8.10. The van der Waals surface area contributed by atoms with E-state index in [4.69, 9.17) is 9.72 Å². The number of methoxy groups -OCH3 is 1. The molecule has 0 spiro atoms. The lowest BCUT2D eigenvalue weighted by Gasteiger charge is -2.17. The Bertz CT molecular complexity index is 1560. The zero-order valence-corrected chi connectivity index (χ0v) is 22.5. The van der Waals surface area contributed by atoms with Gasteiger partial charge < -0.3 is 15.4 Å². The van der Waals surface area contributed by atoms with Gasteiger partial charge in [0.25, 0.3) is 0 Å². The van der Waals surface area contributed by atoms with Gasteiger partial charge in [-0.1, -0.05) is 7.92 Å². The summed E-state index contributed by atoms with van der Waals surface area (Å²) in [6, 6.07) is 5.91. The Morgan fingerprint density at radius 2 is 1.78 bits per heavy atom. The quantitative estimate of drug-likeness (QED) is 0.268. The molecule has 1 aromatic carbocycles. The van der Waals surface area contributed by atoms with E-state index >= 15 is 0 Å². The van der Waals surface area contributed by atoms with Gasteiger partial charge in [0, 0.05) is 60.2 Å². The van der Waals surface area contributed by atoms with Crippen molar-refractivity contribution < 1.29 is 4.74 Å². The van der Waals surface area contributed by atoms with Crippen LogP contribution < -0.4 is 20.7 Å². The van der Waals surface area contributed by atoms with Gasteiger partial charge in [0.2, 0.25) is 11.8 Å². The monoisotopic (exact) mass is 563 g/mol. The number of aromatic nitrogens is 7. The molecule has 12 heteroatoms. The molecule has 5 rings (SSSR count). The molecule has 182 valence electrons. The number of halogens is 1. The fourth-order valence-corrected chi connectivity index (χ4v) is 5.27. The number of hydrogen-bond donors (Lipinski definition) is 2. The van der Waals surface area contributed by atoms with Gasteiger partial charge in [-0.15, -0.1) is 0 Å². The predicted octanol–water partition coefficient (Wildman–Crippen LogP) is 4.84. The van der Waals surface area contributed by atoms with Crippen LogP contribution in [-0.2, 0) is 7.05 Å². The fraction of sp³-hybridized carbons (Fsp3) is 0.167. The van der Waals surface area contributed by atoms with Crippen LogP contribution in [0.15, 0.2) is 59.9 Å². The zero-order chi connectivity index (χ0) is 25.2. The van der Waals surface area contributed by atoms with Crippen molar-refractivity contribution >= 4 is 63.3 Å². The lowest BCUT2D eigenvalue weighted by Crippen LogP contribution is -2.12. The largest absolute Gasteiger partial charge is 0.480 e. The SMILES string of the molecule is COc1ncc(-c2cnn(C)c2)cc1Nc1ncc(Br)c(Nc2ccc3nccnc3c2P(C)C)n1. The van der Waals surface area contributed by atoms with Gasteiger partial charge >= 0.3 is 0 Å². The average Bonchev–Trinajstić information content (AvgIpc) is 3.32. The molecule has 36 heavy (non-hydrogen) atoms. The molecule has 0 atom stereocenters. The van der Waals surface area contributed by atoms with E-state index in [1.807, 2.05) is 31.4 Å². The molecule has 10 nitrogen and oxygen atoms in total. The van der Waals surface area contributed by atoms with Crippen molar-refractivity contribution in [2.75, 3.05) is 31.1 Å². The van der Waals surface area contributed by atoms with Crippen LogP contribution in [0.1, 0.15) is 0 Å². The summed E-state index contributed by atoms with van der Waals surface area (Å²) >= 11 is 3.57. The second-order valence-corrected chi connectivity index (χ2v) is 11.2. The van der Waals surface area contributed by atoms with E-state index in [0.29, 0.717) is 23.3 Å². The van der Waals surface area contributed by atoms with Gasteiger partial charge in [0.1, 0.15) is 11.5 Å². The topological polar surface area (TPSA) is 116 Å². The van der Waals surface area contributed by atoms with Crippen molar-refractivity contribution in [1.82, 2.24) is 34.7 Å². The number of benzene rings is 1. The third-order valence-corrected chi connectivity index (χ3v) is 7.31. The minimum Gasteiger partial charge on any atom is -0.480 e. The number of fused-ring (bicyclic) bond motifs is 1. The molecule has 2 N–H and O–H groups in total. The van der Waals surface area contributed by atoms with E-state index in [-0.39, 0.29) is 0 Å². The average molecular weight is 564 g/mol. The number of pyridine rings is 1. The number of nitrogens with zero attached hydrogens (tertiary/aromatic N) is 7. The maximum absolute atomic E-state index is 5.46. The highest BCUT2D eigenvalue weighted by Gasteiger charge is 2.16. The van der Waals surface area contributed by atoms with E-state index in [1.54, 1.807) is 42.8 Å². The van der Waals surface area contributed by atoms with Crippen LogP contribution in [-0.4, -0.2) is 55.1 Å². The lowest BCUT2D eigenvalue weighted by molar-refractivity contribution is 0.400. The first kappa shape index (κ1) is 24.0. The molecule has 0 aliphatic carbocycles. The maximum Gasteiger partial charge on any atom is 0.237 e. The van der Waals surface area contributed by atoms with E-state index < -0.39 is 7.92 Å². The van der Waals surface area contributed by atoms with Crippen LogP contribution in [0.3, 0.4) is 0 Å². The van der Waals surface area contributed by atoms with Crippen molar-refractivity contribution in [1.29, 1.82) is 0 Å². The molecule has 0 radical (unpaired) electrons. The van der Waals surface area contributed by atoms with Gasteiger partial charge in [-0.05, 0) is 47.5 Å². The minimum absolute atomic E-state index is 0.390. The predicted molar refractivity (Wildman–Crippen MR) is 147 cm³/mol. The highest BCUT2D eigenvalue weighted by atomic mass is 79.9. The van der Waals surface area contributed by atoms with Crippen LogP contribution in [0.4, 0.5) is 23.1 Å². The molecular weight excluding hydrogens is 541 g/mol. The highest BCUT2D eigenvalue weighted by Crippen LogP contribution is 2.35. The molecule has 0 saturated carbocycles. The molecule has 4 heterocycles. The first-order valence-corrected chi connectivity index (χ1v) is 14.0. The molecule has 5 aromatic rings. The molecule has 0 aliphatic rings. The summed E-state index contributed by atoms with van der Waals surface area (Å²) in [5.41, 5.74) is 5.17. The number of anilines is 4. The zero-order valence-electron chi connectivity index (χ0n) is 20.1. The lowest BCUT2D eigenvalue weighted by atomic mass is 10.1. The maximum atomic E-state index is 5.46. The first-order chi connectivity index (χ1) is 17.4. The summed E-state index contributed by atoms with van der Waals surface area (Å²) in [5.74, 6) is 1.44. The van der Waals surface area contributed by atoms with Gasteiger partial charge in [0.15, 0.2) is 0 Å². The second kappa shape index (κ2) is 10.1. The molecule has 0 bridgehead atoms. The smallest absolute Gasteiger partial charge is 0.237 e. The van der Waals surface area contributed by atoms with Crippen molar-refractivity contribution in [2.24, 2.45) is 7.05 Å². The van der Waals surface area contributed by atoms with Gasteiger partial charge in [-0.3, -0.25) is 14.6 Å². The Hall–Kier alpha value is -3.69. The van der Waals surface area contributed by atoms with E-state index in [2.05, 4.69) is 64.9 Å². The first-order valence-electron chi connectivity index (χ1n) is 10.9. The third kappa shape index (κ3) is 4.84. The van der Waals surface area contributed by atoms with Gasteiger partial charge in [0.05, 0.1) is 28.8 Å². The molecule has 0 fully saturated rings. The Morgan fingerprint density at radius 3 is 2.53 bits per heavy atom. The Kier molecular flexibility index (Phi) is 6.75. The molecule has 0 saturated heterocycles. The fourth-order valence-electron chi connectivity index (χ4n) is 3.77. The standard InChI is InChI=1S/C24H23BrN9OP/c1-34-13-15(11-30-34)14-9-19(23(35-2)28-10-14)32-24-29-12-16(25)22(33-24)31-18-6-5-17-20(21(18)36(3)4)27-8-7-26-17/h5-13H,1-4H3,(H2,29,31,32,33). The number of aryl methyl sites for hydroxylation is 1. The van der Waals surface area contributed by atoms with Crippen molar-refractivity contribution in [3.8, 4) is 17.0 Å². The van der Waals surface area contributed by atoms with E-state index in [1.165, 1.54) is 0 Å². The summed E-state index contributed by atoms with van der Waals surface area (Å²) in [6.45, 7) is 4.39. The Morgan fingerprint density at radius 1 is 0.944 bits per heavy atom. The van der Waals surface area contributed by atoms with Crippen LogP contribution in [0.5, 0.6) is 5.88 Å². The van der Waals surface area contributed by atoms with Crippen LogP contribution in [0, 0.1) is 0 Å².